The molecule has 3 heteroatoms. The Hall–Kier alpha value is -1.48. The molecule has 2 rings (SSSR count). The predicted octanol–water partition coefficient (Wildman–Crippen LogP) is 3.89. The highest BCUT2D eigenvalue weighted by molar-refractivity contribution is 7.83. The highest BCUT2D eigenvalue weighted by atomic mass is 32.2. The van der Waals surface area contributed by atoms with Crippen LogP contribution in [0.3, 0.4) is 0 Å². The van der Waals surface area contributed by atoms with Gasteiger partial charge in [-0.3, -0.25) is 4.21 Å². The zero-order valence-corrected chi connectivity index (χ0v) is 12.0. The lowest BCUT2D eigenvalue weighted by Gasteiger charge is -2.08. The van der Waals surface area contributed by atoms with Gasteiger partial charge in [-0.15, -0.1) is 0 Å². The smallest absolute Gasteiger partial charge is 0.127 e. The first kappa shape index (κ1) is 13.9. The van der Waals surface area contributed by atoms with Crippen LogP contribution in [-0.2, 0) is 22.3 Å². The van der Waals surface area contributed by atoms with Crippen LogP contribution in [0.2, 0.25) is 0 Å². The summed E-state index contributed by atoms with van der Waals surface area (Å²) < 4.78 is 25.6. The minimum Gasteiger partial charge on any atom is -0.259 e. The lowest BCUT2D eigenvalue weighted by atomic mass is 10.1. The first-order valence-electron chi connectivity index (χ1n) is 6.21. The van der Waals surface area contributed by atoms with Gasteiger partial charge < -0.3 is 0 Å². The average molecular weight is 276 g/mol. The van der Waals surface area contributed by atoms with Gasteiger partial charge in [-0.05, 0) is 31.0 Å². The van der Waals surface area contributed by atoms with Crippen LogP contribution in [0.4, 0.5) is 4.39 Å². The Kier molecular flexibility index (Phi) is 4.48. The molecule has 0 bridgehead atoms. The summed E-state index contributed by atoms with van der Waals surface area (Å²) in [6, 6.07) is 12.6. The standard InChI is InChI=1S/C16H17FOS/c1-12-7-8-13(2)15(9-12)11-19(18)10-14-5-3-4-6-16(14)17/h3-9H,10-11H2,1-2H3. The molecule has 1 unspecified atom stereocenters. The van der Waals surface area contributed by atoms with Gasteiger partial charge in [-0.1, -0.05) is 42.0 Å². The SMILES string of the molecule is Cc1ccc(C)c(CS(=O)Cc2ccccc2F)c1. The van der Waals surface area contributed by atoms with Crippen molar-refractivity contribution in [3.8, 4) is 0 Å². The van der Waals surface area contributed by atoms with Crippen molar-refractivity contribution in [2.45, 2.75) is 25.4 Å². The fourth-order valence-corrected chi connectivity index (χ4v) is 3.31. The Morgan fingerprint density at radius 2 is 1.68 bits per heavy atom. The zero-order valence-electron chi connectivity index (χ0n) is 11.2. The van der Waals surface area contributed by atoms with E-state index in [0.29, 0.717) is 11.3 Å². The van der Waals surface area contributed by atoms with Crippen molar-refractivity contribution in [1.29, 1.82) is 0 Å². The molecule has 0 saturated heterocycles. The molecule has 100 valence electrons. The van der Waals surface area contributed by atoms with Crippen molar-refractivity contribution < 1.29 is 8.60 Å². The number of hydrogen-bond acceptors (Lipinski definition) is 1. The number of benzene rings is 2. The van der Waals surface area contributed by atoms with Crippen molar-refractivity contribution in [2.24, 2.45) is 0 Å². The van der Waals surface area contributed by atoms with Crippen LogP contribution >= 0.6 is 0 Å². The fraction of sp³-hybridized carbons (Fsp3) is 0.250. The third-order valence-corrected chi connectivity index (χ3v) is 4.36. The third-order valence-electron chi connectivity index (χ3n) is 3.10. The third kappa shape index (κ3) is 3.74. The van der Waals surface area contributed by atoms with Crippen molar-refractivity contribution in [1.82, 2.24) is 0 Å². The average Bonchev–Trinajstić information content (AvgIpc) is 2.37. The molecule has 1 atom stereocenters. The second-order valence-electron chi connectivity index (χ2n) is 4.75. The first-order valence-corrected chi connectivity index (χ1v) is 7.69. The Labute approximate surface area is 115 Å². The van der Waals surface area contributed by atoms with E-state index in [1.54, 1.807) is 18.2 Å². The lowest BCUT2D eigenvalue weighted by Crippen LogP contribution is -2.03. The molecule has 0 fully saturated rings. The molecule has 0 aliphatic carbocycles. The Balaban J connectivity index is 2.10. The number of halogens is 1. The van der Waals surface area contributed by atoms with Gasteiger partial charge in [0.25, 0.3) is 0 Å². The van der Waals surface area contributed by atoms with Crippen molar-refractivity contribution >= 4 is 10.8 Å². The fourth-order valence-electron chi connectivity index (χ4n) is 1.97. The first-order chi connectivity index (χ1) is 9.06. The van der Waals surface area contributed by atoms with Crippen molar-refractivity contribution in [2.75, 3.05) is 0 Å². The maximum atomic E-state index is 13.5. The molecule has 0 saturated carbocycles. The molecule has 0 spiro atoms. The van der Waals surface area contributed by atoms with Crippen molar-refractivity contribution in [3.63, 3.8) is 0 Å². The molecular weight excluding hydrogens is 259 g/mol. The van der Waals surface area contributed by atoms with Crippen molar-refractivity contribution in [3.05, 3.63) is 70.5 Å². The number of rotatable bonds is 4. The second kappa shape index (κ2) is 6.11. The van der Waals surface area contributed by atoms with E-state index in [-0.39, 0.29) is 11.6 Å². The largest absolute Gasteiger partial charge is 0.259 e. The van der Waals surface area contributed by atoms with Gasteiger partial charge in [0.05, 0.1) is 5.75 Å². The molecule has 0 radical (unpaired) electrons. The zero-order chi connectivity index (χ0) is 13.8. The van der Waals surface area contributed by atoms with Gasteiger partial charge in [0.1, 0.15) is 5.82 Å². The van der Waals surface area contributed by atoms with Gasteiger partial charge in [0.2, 0.25) is 0 Å². The molecule has 0 aliphatic heterocycles. The number of aryl methyl sites for hydroxylation is 2. The van der Waals surface area contributed by atoms with Crippen LogP contribution < -0.4 is 0 Å². The second-order valence-corrected chi connectivity index (χ2v) is 6.21. The Bertz CT molecular complexity index is 607. The summed E-state index contributed by atoms with van der Waals surface area (Å²) in [6.07, 6.45) is 0. The maximum Gasteiger partial charge on any atom is 0.127 e. The molecule has 0 N–H and O–H groups in total. The monoisotopic (exact) mass is 276 g/mol. The van der Waals surface area contributed by atoms with E-state index in [1.165, 1.54) is 6.07 Å². The molecule has 0 amide bonds. The molecule has 2 aromatic carbocycles. The van der Waals surface area contributed by atoms with Crippen LogP contribution in [-0.4, -0.2) is 4.21 Å². The molecule has 2 aromatic rings. The summed E-state index contributed by atoms with van der Waals surface area (Å²) >= 11 is 0. The molecule has 19 heavy (non-hydrogen) atoms. The van der Waals surface area contributed by atoms with Gasteiger partial charge >= 0.3 is 0 Å². The van der Waals surface area contributed by atoms with Gasteiger partial charge in [0.15, 0.2) is 0 Å². The molecule has 0 aromatic heterocycles. The topological polar surface area (TPSA) is 17.1 Å². The maximum absolute atomic E-state index is 13.5. The summed E-state index contributed by atoms with van der Waals surface area (Å²) in [5.74, 6) is 0.457. The van der Waals surface area contributed by atoms with Crippen LogP contribution in [0.5, 0.6) is 0 Å². The van der Waals surface area contributed by atoms with Crippen LogP contribution in [0.25, 0.3) is 0 Å². The summed E-state index contributed by atoms with van der Waals surface area (Å²) in [7, 11) is -1.09. The van der Waals surface area contributed by atoms with Crippen LogP contribution in [0, 0.1) is 19.7 Å². The summed E-state index contributed by atoms with van der Waals surface area (Å²) in [4.78, 5) is 0. The lowest BCUT2D eigenvalue weighted by molar-refractivity contribution is 0.615. The van der Waals surface area contributed by atoms with Gasteiger partial charge in [-0.2, -0.15) is 0 Å². The number of hydrogen-bond donors (Lipinski definition) is 0. The molecule has 1 nitrogen and oxygen atoms in total. The van der Waals surface area contributed by atoms with E-state index >= 15 is 0 Å². The van der Waals surface area contributed by atoms with E-state index < -0.39 is 10.8 Å². The van der Waals surface area contributed by atoms with E-state index in [1.807, 2.05) is 26.0 Å². The Morgan fingerprint density at radius 3 is 2.42 bits per heavy atom. The van der Waals surface area contributed by atoms with Crippen LogP contribution in [0.1, 0.15) is 22.3 Å². The highest BCUT2D eigenvalue weighted by Gasteiger charge is 2.08. The van der Waals surface area contributed by atoms with E-state index in [4.69, 9.17) is 0 Å². The summed E-state index contributed by atoms with van der Waals surface area (Å²) in [5.41, 5.74) is 3.89. The Morgan fingerprint density at radius 1 is 1.00 bits per heavy atom. The summed E-state index contributed by atoms with van der Waals surface area (Å²) in [6.45, 7) is 4.03. The molecule has 0 heterocycles. The van der Waals surface area contributed by atoms with E-state index in [0.717, 1.165) is 16.7 Å². The quantitative estimate of drug-likeness (QED) is 0.828. The normalized spacial score (nSPS) is 12.4. The minimum absolute atomic E-state index is 0.264. The highest BCUT2D eigenvalue weighted by Crippen LogP contribution is 2.16. The van der Waals surface area contributed by atoms with E-state index in [2.05, 4.69) is 6.07 Å². The minimum atomic E-state index is -1.09. The van der Waals surface area contributed by atoms with Gasteiger partial charge in [-0.25, -0.2) is 4.39 Å². The predicted molar refractivity (Wildman–Crippen MR) is 77.9 cm³/mol. The van der Waals surface area contributed by atoms with E-state index in [9.17, 15) is 8.60 Å². The van der Waals surface area contributed by atoms with Crippen LogP contribution in [0.15, 0.2) is 42.5 Å². The summed E-state index contributed by atoms with van der Waals surface area (Å²) in [5, 5.41) is 0. The van der Waals surface area contributed by atoms with Gasteiger partial charge in [0, 0.05) is 22.1 Å². The molecular formula is C16H17FOS. The molecule has 0 aliphatic rings.